The highest BCUT2D eigenvalue weighted by Crippen LogP contribution is 2.47. The van der Waals surface area contributed by atoms with Crippen LogP contribution in [0.15, 0.2) is 18.2 Å². The summed E-state index contributed by atoms with van der Waals surface area (Å²) in [6.45, 7) is 4.25. The summed E-state index contributed by atoms with van der Waals surface area (Å²) in [4.78, 5) is 0. The maximum absolute atomic E-state index is 6.45. The van der Waals surface area contributed by atoms with E-state index in [1.807, 2.05) is 7.05 Å². The van der Waals surface area contributed by atoms with Gasteiger partial charge in [0.05, 0.1) is 6.10 Å². The zero-order valence-corrected chi connectivity index (χ0v) is 13.4. The molecule has 1 spiro atoms. The SMILES string of the molecule is CCC(C)Oc1ccc2c(c1)OC1(CCCC1)CC2NC. The van der Waals surface area contributed by atoms with Crippen LogP contribution >= 0.6 is 0 Å². The lowest BCUT2D eigenvalue weighted by Gasteiger charge is -2.40. The molecule has 2 aliphatic rings. The van der Waals surface area contributed by atoms with Gasteiger partial charge in [0, 0.05) is 24.1 Å². The molecule has 1 aromatic rings. The van der Waals surface area contributed by atoms with Crippen molar-refractivity contribution in [3.63, 3.8) is 0 Å². The molecule has 1 fully saturated rings. The fourth-order valence-electron chi connectivity index (χ4n) is 3.62. The molecule has 0 amide bonds. The highest BCUT2D eigenvalue weighted by molar-refractivity contribution is 5.45. The lowest BCUT2D eigenvalue weighted by Crippen LogP contribution is -2.41. The number of benzene rings is 1. The average molecular weight is 289 g/mol. The van der Waals surface area contributed by atoms with Crippen molar-refractivity contribution < 1.29 is 9.47 Å². The molecule has 3 heteroatoms. The van der Waals surface area contributed by atoms with Crippen LogP contribution in [0.2, 0.25) is 0 Å². The summed E-state index contributed by atoms with van der Waals surface area (Å²) in [5.41, 5.74) is 1.32. The molecule has 0 bridgehead atoms. The van der Waals surface area contributed by atoms with E-state index in [0.29, 0.717) is 6.04 Å². The first-order valence-corrected chi connectivity index (χ1v) is 8.33. The summed E-state index contributed by atoms with van der Waals surface area (Å²) in [6.07, 6.45) is 7.28. The molecule has 0 radical (unpaired) electrons. The Labute approximate surface area is 128 Å². The van der Waals surface area contributed by atoms with Crippen molar-refractivity contribution in [1.29, 1.82) is 0 Å². The van der Waals surface area contributed by atoms with Crippen molar-refractivity contribution in [3.05, 3.63) is 23.8 Å². The van der Waals surface area contributed by atoms with E-state index in [-0.39, 0.29) is 11.7 Å². The first-order valence-electron chi connectivity index (χ1n) is 8.33. The predicted octanol–water partition coefficient (Wildman–Crippen LogP) is 4.22. The van der Waals surface area contributed by atoms with E-state index in [0.717, 1.165) is 24.3 Å². The minimum atomic E-state index is 0.0513. The molecule has 1 aliphatic carbocycles. The van der Waals surface area contributed by atoms with Gasteiger partial charge in [-0.1, -0.05) is 13.0 Å². The van der Waals surface area contributed by atoms with Crippen LogP contribution in [-0.4, -0.2) is 18.8 Å². The highest BCUT2D eigenvalue weighted by Gasteiger charge is 2.42. The van der Waals surface area contributed by atoms with Crippen LogP contribution in [-0.2, 0) is 0 Å². The first-order chi connectivity index (χ1) is 10.2. The van der Waals surface area contributed by atoms with E-state index in [1.165, 1.54) is 31.2 Å². The normalized spacial score (nSPS) is 24.4. The number of fused-ring (bicyclic) bond motifs is 1. The average Bonchev–Trinajstić information content (AvgIpc) is 2.93. The van der Waals surface area contributed by atoms with Crippen molar-refractivity contribution in [2.24, 2.45) is 0 Å². The number of hydrogen-bond donors (Lipinski definition) is 1. The minimum Gasteiger partial charge on any atom is -0.491 e. The topological polar surface area (TPSA) is 30.5 Å². The predicted molar refractivity (Wildman–Crippen MR) is 85.1 cm³/mol. The van der Waals surface area contributed by atoms with Gasteiger partial charge in [-0.15, -0.1) is 0 Å². The molecule has 2 atom stereocenters. The van der Waals surface area contributed by atoms with E-state index in [2.05, 4.69) is 37.4 Å². The van der Waals surface area contributed by atoms with Gasteiger partial charge in [-0.2, -0.15) is 0 Å². The summed E-state index contributed by atoms with van der Waals surface area (Å²) < 4.78 is 12.4. The van der Waals surface area contributed by atoms with E-state index in [4.69, 9.17) is 9.47 Å². The Balaban J connectivity index is 1.88. The second-order valence-corrected chi connectivity index (χ2v) is 6.57. The minimum absolute atomic E-state index is 0.0513. The molecular formula is C18H27NO2. The van der Waals surface area contributed by atoms with Gasteiger partial charge in [0.25, 0.3) is 0 Å². The molecule has 0 aromatic heterocycles. The van der Waals surface area contributed by atoms with Crippen molar-refractivity contribution in [2.75, 3.05) is 7.05 Å². The van der Waals surface area contributed by atoms with Crippen molar-refractivity contribution in [2.45, 2.75) is 70.1 Å². The van der Waals surface area contributed by atoms with Crippen LogP contribution in [0.3, 0.4) is 0 Å². The largest absolute Gasteiger partial charge is 0.491 e. The van der Waals surface area contributed by atoms with Gasteiger partial charge >= 0.3 is 0 Å². The zero-order chi connectivity index (χ0) is 14.9. The summed E-state index contributed by atoms with van der Waals surface area (Å²) in [6, 6.07) is 6.72. The number of hydrogen-bond acceptors (Lipinski definition) is 3. The number of rotatable bonds is 4. The maximum atomic E-state index is 6.45. The second kappa shape index (κ2) is 5.88. The molecule has 1 heterocycles. The second-order valence-electron chi connectivity index (χ2n) is 6.57. The van der Waals surface area contributed by atoms with E-state index >= 15 is 0 Å². The molecule has 2 unspecified atom stereocenters. The van der Waals surface area contributed by atoms with Crippen LogP contribution in [0.1, 0.15) is 64.0 Å². The van der Waals surface area contributed by atoms with Crippen molar-refractivity contribution >= 4 is 0 Å². The van der Waals surface area contributed by atoms with Gasteiger partial charge in [-0.3, -0.25) is 0 Å². The fourth-order valence-corrected chi connectivity index (χ4v) is 3.62. The molecule has 21 heavy (non-hydrogen) atoms. The molecule has 116 valence electrons. The van der Waals surface area contributed by atoms with Crippen LogP contribution in [0.5, 0.6) is 11.5 Å². The van der Waals surface area contributed by atoms with Gasteiger partial charge in [0.1, 0.15) is 17.1 Å². The molecule has 1 N–H and O–H groups in total. The van der Waals surface area contributed by atoms with Crippen LogP contribution in [0, 0.1) is 0 Å². The molecule has 3 nitrogen and oxygen atoms in total. The Kier molecular flexibility index (Phi) is 4.12. The molecular weight excluding hydrogens is 262 g/mol. The Bertz CT molecular complexity index is 494. The number of nitrogens with one attached hydrogen (secondary N) is 1. The van der Waals surface area contributed by atoms with E-state index in [9.17, 15) is 0 Å². The molecule has 0 saturated heterocycles. The van der Waals surface area contributed by atoms with Crippen LogP contribution in [0.4, 0.5) is 0 Å². The maximum Gasteiger partial charge on any atom is 0.128 e. The van der Waals surface area contributed by atoms with E-state index < -0.39 is 0 Å². The smallest absolute Gasteiger partial charge is 0.128 e. The third kappa shape index (κ3) is 2.89. The zero-order valence-electron chi connectivity index (χ0n) is 13.4. The van der Waals surface area contributed by atoms with Crippen molar-refractivity contribution in [1.82, 2.24) is 5.32 Å². The van der Waals surface area contributed by atoms with Gasteiger partial charge in [-0.25, -0.2) is 0 Å². The van der Waals surface area contributed by atoms with Gasteiger partial charge in [-0.05, 0) is 52.1 Å². The third-order valence-electron chi connectivity index (χ3n) is 5.04. The fraction of sp³-hybridized carbons (Fsp3) is 0.667. The Morgan fingerprint density at radius 1 is 1.38 bits per heavy atom. The quantitative estimate of drug-likeness (QED) is 0.900. The molecule has 3 rings (SSSR count). The standard InChI is InChI=1S/C18H27NO2/c1-4-13(2)20-14-7-8-15-16(19-3)12-18(9-5-6-10-18)21-17(15)11-14/h7-8,11,13,16,19H,4-6,9-10,12H2,1-3H3. The Hall–Kier alpha value is -1.22. The van der Waals surface area contributed by atoms with Crippen LogP contribution < -0.4 is 14.8 Å². The van der Waals surface area contributed by atoms with Gasteiger partial charge < -0.3 is 14.8 Å². The summed E-state index contributed by atoms with van der Waals surface area (Å²) >= 11 is 0. The van der Waals surface area contributed by atoms with Gasteiger partial charge in [0.15, 0.2) is 0 Å². The summed E-state index contributed by atoms with van der Waals surface area (Å²) in [7, 11) is 2.05. The van der Waals surface area contributed by atoms with E-state index in [1.54, 1.807) is 0 Å². The number of ether oxygens (including phenoxy) is 2. The van der Waals surface area contributed by atoms with Crippen molar-refractivity contribution in [3.8, 4) is 11.5 Å². The third-order valence-corrected chi connectivity index (χ3v) is 5.04. The first kappa shape index (κ1) is 14.7. The molecule has 1 aromatic carbocycles. The molecule has 1 aliphatic heterocycles. The summed E-state index contributed by atoms with van der Waals surface area (Å²) in [5, 5.41) is 3.46. The Morgan fingerprint density at radius 2 is 2.14 bits per heavy atom. The summed E-state index contributed by atoms with van der Waals surface area (Å²) in [5.74, 6) is 1.94. The highest BCUT2D eigenvalue weighted by atomic mass is 16.5. The monoisotopic (exact) mass is 289 g/mol. The lowest BCUT2D eigenvalue weighted by molar-refractivity contribution is 0.0375. The lowest BCUT2D eigenvalue weighted by atomic mass is 9.86. The van der Waals surface area contributed by atoms with Gasteiger partial charge in [0.2, 0.25) is 0 Å². The molecule has 1 saturated carbocycles. The Morgan fingerprint density at radius 3 is 2.81 bits per heavy atom. The van der Waals surface area contributed by atoms with Crippen LogP contribution in [0.25, 0.3) is 0 Å².